The Morgan fingerprint density at radius 2 is 1.56 bits per heavy atom. The zero-order valence-corrected chi connectivity index (χ0v) is 18.5. The monoisotopic (exact) mass is 457 g/mol. The summed E-state index contributed by atoms with van der Waals surface area (Å²) >= 11 is 0. The van der Waals surface area contributed by atoms with Crippen molar-refractivity contribution in [3.8, 4) is 5.75 Å². The van der Waals surface area contributed by atoms with E-state index in [4.69, 9.17) is 15.6 Å². The van der Waals surface area contributed by atoms with E-state index in [9.17, 15) is 19.5 Å². The molecule has 0 saturated carbocycles. The fraction of sp³-hybridized carbons (Fsp3) is 0.154. The Bertz CT molecular complexity index is 1380. The second kappa shape index (κ2) is 9.58. The van der Waals surface area contributed by atoms with Crippen molar-refractivity contribution >= 4 is 23.2 Å². The highest BCUT2D eigenvalue weighted by atomic mass is 16.5. The van der Waals surface area contributed by atoms with Crippen LogP contribution in [0.25, 0.3) is 5.52 Å². The zero-order chi connectivity index (χ0) is 24.2. The fourth-order valence-corrected chi connectivity index (χ4v) is 3.98. The van der Waals surface area contributed by atoms with Gasteiger partial charge in [-0.3, -0.25) is 9.59 Å². The molecule has 0 aliphatic rings. The van der Waals surface area contributed by atoms with E-state index in [2.05, 4.69) is 0 Å². The minimum absolute atomic E-state index is 0.0672. The van der Waals surface area contributed by atoms with Gasteiger partial charge in [-0.15, -0.1) is 0 Å². The second-order valence-corrected chi connectivity index (χ2v) is 7.91. The Balaban J connectivity index is 1.96. The molecule has 172 valence electrons. The van der Waals surface area contributed by atoms with Crippen molar-refractivity contribution in [1.82, 2.24) is 9.61 Å². The number of carbonyl (C=O) groups is 3. The molecule has 0 fully saturated rings. The Hall–Kier alpha value is -4.46. The van der Waals surface area contributed by atoms with Crippen LogP contribution in [0.4, 0.5) is 0 Å². The highest BCUT2D eigenvalue weighted by Crippen LogP contribution is 2.33. The Morgan fingerprint density at radius 3 is 2.12 bits per heavy atom. The molecule has 34 heavy (non-hydrogen) atoms. The maximum Gasteiger partial charge on any atom is 0.341 e. The van der Waals surface area contributed by atoms with Crippen LogP contribution in [-0.4, -0.2) is 39.0 Å². The minimum atomic E-state index is -1.17. The lowest BCUT2D eigenvalue weighted by Gasteiger charge is -2.12. The third-order valence-electron chi connectivity index (χ3n) is 5.52. The number of fused-ring (bicyclic) bond motifs is 1. The van der Waals surface area contributed by atoms with Gasteiger partial charge in [0.05, 0.1) is 17.0 Å². The first kappa shape index (κ1) is 22.7. The number of carbonyl (C=O) groups excluding carboxylic acids is 2. The number of amides is 1. The van der Waals surface area contributed by atoms with Crippen LogP contribution in [0, 0.1) is 6.92 Å². The average Bonchev–Trinajstić information content (AvgIpc) is 3.09. The largest absolute Gasteiger partial charge is 0.480 e. The van der Waals surface area contributed by atoms with Gasteiger partial charge in [0.2, 0.25) is 0 Å². The van der Waals surface area contributed by atoms with Crippen molar-refractivity contribution in [2.24, 2.45) is 5.73 Å². The second-order valence-electron chi connectivity index (χ2n) is 7.91. The number of ether oxygens (including phenoxy) is 1. The highest BCUT2D eigenvalue weighted by molar-refractivity contribution is 6.44. The number of aliphatic carboxylic acids is 1. The van der Waals surface area contributed by atoms with Crippen LogP contribution in [0.1, 0.15) is 38.4 Å². The molecule has 0 unspecified atom stereocenters. The van der Waals surface area contributed by atoms with E-state index in [1.165, 1.54) is 0 Å². The molecule has 2 aromatic carbocycles. The van der Waals surface area contributed by atoms with Gasteiger partial charge in [-0.05, 0) is 23.6 Å². The molecule has 4 aromatic rings. The molecule has 4 rings (SSSR count). The van der Waals surface area contributed by atoms with Crippen LogP contribution >= 0.6 is 0 Å². The smallest absolute Gasteiger partial charge is 0.341 e. The summed E-state index contributed by atoms with van der Waals surface area (Å²) in [6.07, 6.45) is 0.890. The molecule has 1 amide bonds. The summed E-state index contributed by atoms with van der Waals surface area (Å²) in [5, 5.41) is 13.9. The summed E-state index contributed by atoms with van der Waals surface area (Å²) in [5.74, 6) is -3.02. The lowest BCUT2D eigenvalue weighted by Crippen LogP contribution is -2.24. The lowest BCUT2D eigenvalue weighted by atomic mass is 10.0. The topological polar surface area (TPSA) is 124 Å². The third-order valence-corrected chi connectivity index (χ3v) is 5.52. The predicted octanol–water partition coefficient (Wildman–Crippen LogP) is 2.96. The summed E-state index contributed by atoms with van der Waals surface area (Å²) in [6, 6.07) is 20.9. The first-order chi connectivity index (χ1) is 16.3. The number of rotatable bonds is 9. The summed E-state index contributed by atoms with van der Waals surface area (Å²) in [4.78, 5) is 35.9. The highest BCUT2D eigenvalue weighted by Gasteiger charge is 2.28. The van der Waals surface area contributed by atoms with Gasteiger partial charge in [0.25, 0.3) is 11.7 Å². The molecule has 0 aliphatic heterocycles. The van der Waals surface area contributed by atoms with E-state index in [-0.39, 0.29) is 16.8 Å². The number of nitrogens with zero attached hydrogens (tertiary/aromatic N) is 2. The number of carboxylic acid groups (broad SMARTS) is 1. The first-order valence-corrected chi connectivity index (χ1v) is 10.7. The summed E-state index contributed by atoms with van der Waals surface area (Å²) in [6.45, 7) is 1.11. The van der Waals surface area contributed by atoms with Gasteiger partial charge in [-0.25, -0.2) is 9.31 Å². The van der Waals surface area contributed by atoms with Gasteiger partial charge in [-0.2, -0.15) is 5.10 Å². The fourth-order valence-electron chi connectivity index (χ4n) is 3.98. The Morgan fingerprint density at radius 1 is 0.971 bits per heavy atom. The Labute approximate surface area is 195 Å². The van der Waals surface area contributed by atoms with E-state index in [0.717, 1.165) is 11.1 Å². The number of carboxylic acids is 1. The average molecular weight is 457 g/mol. The van der Waals surface area contributed by atoms with Crippen LogP contribution in [0.15, 0.2) is 66.7 Å². The van der Waals surface area contributed by atoms with Crippen LogP contribution in [-0.2, 0) is 22.4 Å². The molecule has 8 nitrogen and oxygen atoms in total. The van der Waals surface area contributed by atoms with Crippen molar-refractivity contribution in [3.05, 3.63) is 100 Å². The number of ketones is 1. The van der Waals surface area contributed by atoms with Crippen LogP contribution < -0.4 is 10.5 Å². The van der Waals surface area contributed by atoms with Gasteiger partial charge < -0.3 is 15.6 Å². The predicted molar refractivity (Wildman–Crippen MR) is 125 cm³/mol. The van der Waals surface area contributed by atoms with Crippen molar-refractivity contribution < 1.29 is 24.2 Å². The van der Waals surface area contributed by atoms with Crippen LogP contribution in [0.3, 0.4) is 0 Å². The molecule has 2 aromatic heterocycles. The number of aromatic nitrogens is 2. The summed E-state index contributed by atoms with van der Waals surface area (Å²) in [7, 11) is 0. The molecule has 2 heterocycles. The molecule has 0 spiro atoms. The maximum atomic E-state index is 12.8. The van der Waals surface area contributed by atoms with Gasteiger partial charge in [0.15, 0.2) is 6.61 Å². The lowest BCUT2D eigenvalue weighted by molar-refractivity contribution is -0.139. The molecule has 3 N–H and O–H groups in total. The van der Waals surface area contributed by atoms with E-state index in [0.29, 0.717) is 29.8 Å². The SMILES string of the molecule is Cc1c(C(=O)C(N)=O)c2c(OCC(=O)O)cc(Cc3ccccc3)nn2c1Cc1ccccc1. The molecule has 0 bridgehead atoms. The number of hydrogen-bond donors (Lipinski definition) is 2. The third kappa shape index (κ3) is 4.66. The number of Topliss-reactive ketones (excluding diaryl/α,β-unsaturated/α-hetero) is 1. The van der Waals surface area contributed by atoms with Crippen molar-refractivity contribution in [3.63, 3.8) is 0 Å². The Kier molecular flexibility index (Phi) is 6.40. The van der Waals surface area contributed by atoms with E-state index in [1.807, 2.05) is 60.7 Å². The number of hydrogen-bond acceptors (Lipinski definition) is 5. The van der Waals surface area contributed by atoms with E-state index in [1.54, 1.807) is 17.5 Å². The number of nitrogens with two attached hydrogens (primary N) is 1. The van der Waals surface area contributed by atoms with Crippen molar-refractivity contribution in [1.29, 1.82) is 0 Å². The summed E-state index contributed by atoms with van der Waals surface area (Å²) in [5.41, 5.74) is 9.45. The minimum Gasteiger partial charge on any atom is -0.480 e. The summed E-state index contributed by atoms with van der Waals surface area (Å²) < 4.78 is 7.16. The molecule has 0 radical (unpaired) electrons. The normalized spacial score (nSPS) is 10.9. The van der Waals surface area contributed by atoms with Gasteiger partial charge in [-0.1, -0.05) is 60.7 Å². The van der Waals surface area contributed by atoms with E-state index < -0.39 is 24.3 Å². The molecular formula is C26H23N3O5. The molecule has 0 atom stereocenters. The van der Waals surface area contributed by atoms with Gasteiger partial charge in [0.1, 0.15) is 11.3 Å². The molecular weight excluding hydrogens is 434 g/mol. The number of benzene rings is 2. The van der Waals surface area contributed by atoms with Gasteiger partial charge in [0, 0.05) is 18.9 Å². The standard InChI is InChI=1S/C26H23N3O5/c1-16-20(13-18-10-6-3-7-11-18)29-24(23(16)25(32)26(27)33)21(34-15-22(30)31)14-19(28-29)12-17-8-4-2-5-9-17/h2-11,14H,12-13,15H2,1H3,(H2,27,33)(H,30,31). The maximum absolute atomic E-state index is 12.8. The van der Waals surface area contributed by atoms with Crippen LogP contribution in [0.2, 0.25) is 0 Å². The molecule has 0 saturated heterocycles. The van der Waals surface area contributed by atoms with Crippen LogP contribution in [0.5, 0.6) is 5.75 Å². The molecule has 8 heteroatoms. The van der Waals surface area contributed by atoms with Crippen molar-refractivity contribution in [2.45, 2.75) is 19.8 Å². The quantitative estimate of drug-likeness (QED) is 0.294. The number of primary amides is 1. The van der Waals surface area contributed by atoms with E-state index >= 15 is 0 Å². The van der Waals surface area contributed by atoms with Gasteiger partial charge >= 0.3 is 5.97 Å². The zero-order valence-electron chi connectivity index (χ0n) is 18.5. The van der Waals surface area contributed by atoms with Crippen molar-refractivity contribution in [2.75, 3.05) is 6.61 Å². The molecule has 0 aliphatic carbocycles. The first-order valence-electron chi connectivity index (χ1n) is 10.7.